The molecule has 3 heterocycles. The lowest BCUT2D eigenvalue weighted by Gasteiger charge is -2.37. The molecule has 0 aromatic carbocycles. The Morgan fingerprint density at radius 1 is 1.00 bits per heavy atom. The number of piperidine rings is 2. The number of hydrogen-bond acceptors (Lipinski definition) is 4. The maximum absolute atomic E-state index is 12.8. The van der Waals surface area contributed by atoms with E-state index in [2.05, 4.69) is 9.55 Å². The number of imidazole rings is 1. The molecule has 2 aliphatic heterocycles. The first-order chi connectivity index (χ1) is 12.3. The van der Waals surface area contributed by atoms with Gasteiger partial charge in [0.1, 0.15) is 5.60 Å². The second-order valence-electron chi connectivity index (χ2n) is 8.31. The summed E-state index contributed by atoms with van der Waals surface area (Å²) in [5.74, 6) is 0.274. The Morgan fingerprint density at radius 2 is 1.62 bits per heavy atom. The monoisotopic (exact) mass is 362 g/mol. The van der Waals surface area contributed by atoms with E-state index in [4.69, 9.17) is 4.74 Å². The van der Waals surface area contributed by atoms with Crippen molar-refractivity contribution in [1.29, 1.82) is 0 Å². The Balaban J connectivity index is 1.45. The molecule has 0 aliphatic carbocycles. The molecule has 2 amide bonds. The smallest absolute Gasteiger partial charge is 0.410 e. The minimum absolute atomic E-state index is 0.0264. The van der Waals surface area contributed by atoms with Gasteiger partial charge in [-0.3, -0.25) is 4.79 Å². The molecule has 0 saturated carbocycles. The molecule has 0 bridgehead atoms. The molecule has 1 aromatic rings. The lowest BCUT2D eigenvalue weighted by Crippen LogP contribution is -2.47. The molecule has 7 heteroatoms. The molecule has 0 N–H and O–H groups in total. The number of nitrogens with zero attached hydrogens (tertiary/aromatic N) is 4. The van der Waals surface area contributed by atoms with E-state index in [0.717, 1.165) is 38.8 Å². The quantitative estimate of drug-likeness (QED) is 0.811. The molecular weight excluding hydrogens is 332 g/mol. The summed E-state index contributed by atoms with van der Waals surface area (Å²) in [6, 6.07) is 0.440. The van der Waals surface area contributed by atoms with Crippen molar-refractivity contribution in [2.24, 2.45) is 5.92 Å². The third-order valence-corrected chi connectivity index (χ3v) is 5.22. The van der Waals surface area contributed by atoms with Crippen LogP contribution in [0.2, 0.25) is 0 Å². The lowest BCUT2D eigenvalue weighted by molar-refractivity contribution is -0.138. The Bertz CT molecular complexity index is 607. The SMILES string of the molecule is CC(C)(C)OC(=O)N1CCC(C(=O)N2CCC(n3ccnc3)CC2)CC1. The first-order valence-electron chi connectivity index (χ1n) is 9.57. The van der Waals surface area contributed by atoms with Crippen LogP contribution in [-0.4, -0.2) is 63.1 Å². The summed E-state index contributed by atoms with van der Waals surface area (Å²) in [4.78, 5) is 32.8. The van der Waals surface area contributed by atoms with Gasteiger partial charge < -0.3 is 19.1 Å². The number of likely N-dealkylation sites (tertiary alicyclic amines) is 2. The predicted octanol–water partition coefficient (Wildman–Crippen LogP) is 2.69. The van der Waals surface area contributed by atoms with Crippen molar-refractivity contribution in [2.75, 3.05) is 26.2 Å². The first-order valence-corrected chi connectivity index (χ1v) is 9.57. The second-order valence-corrected chi connectivity index (χ2v) is 8.31. The molecule has 1 aromatic heterocycles. The fraction of sp³-hybridized carbons (Fsp3) is 0.737. The average molecular weight is 362 g/mol. The Labute approximate surface area is 155 Å². The van der Waals surface area contributed by atoms with Gasteiger partial charge in [-0.05, 0) is 46.5 Å². The van der Waals surface area contributed by atoms with Crippen LogP contribution in [0.25, 0.3) is 0 Å². The molecule has 0 spiro atoms. The molecule has 2 fully saturated rings. The number of amides is 2. The average Bonchev–Trinajstić information content (AvgIpc) is 3.14. The highest BCUT2D eigenvalue weighted by Gasteiger charge is 2.33. The van der Waals surface area contributed by atoms with Crippen LogP contribution in [0.5, 0.6) is 0 Å². The molecular formula is C19H30N4O3. The molecule has 2 aliphatic rings. The van der Waals surface area contributed by atoms with Gasteiger partial charge in [-0.25, -0.2) is 9.78 Å². The van der Waals surface area contributed by atoms with E-state index in [1.54, 1.807) is 11.1 Å². The van der Waals surface area contributed by atoms with Crippen LogP contribution < -0.4 is 0 Å². The van der Waals surface area contributed by atoms with Gasteiger partial charge in [-0.1, -0.05) is 0 Å². The predicted molar refractivity (Wildman–Crippen MR) is 97.6 cm³/mol. The van der Waals surface area contributed by atoms with Gasteiger partial charge in [0.05, 0.1) is 6.33 Å². The number of rotatable bonds is 2. The van der Waals surface area contributed by atoms with Crippen LogP contribution in [0.3, 0.4) is 0 Å². The Morgan fingerprint density at radius 3 is 2.15 bits per heavy atom. The molecule has 144 valence electrons. The minimum Gasteiger partial charge on any atom is -0.444 e. The second kappa shape index (κ2) is 7.68. The molecule has 0 atom stereocenters. The van der Waals surface area contributed by atoms with Gasteiger partial charge in [-0.2, -0.15) is 0 Å². The fourth-order valence-electron chi connectivity index (χ4n) is 3.76. The van der Waals surface area contributed by atoms with Gasteiger partial charge in [0.2, 0.25) is 5.91 Å². The van der Waals surface area contributed by atoms with Crippen molar-refractivity contribution in [1.82, 2.24) is 19.4 Å². The van der Waals surface area contributed by atoms with Crippen LogP contribution in [0.1, 0.15) is 52.5 Å². The topological polar surface area (TPSA) is 67.7 Å². The van der Waals surface area contributed by atoms with Crippen molar-refractivity contribution in [3.63, 3.8) is 0 Å². The third kappa shape index (κ3) is 4.56. The van der Waals surface area contributed by atoms with Crippen LogP contribution in [0.15, 0.2) is 18.7 Å². The number of hydrogen-bond donors (Lipinski definition) is 0. The summed E-state index contributed by atoms with van der Waals surface area (Å²) in [5, 5.41) is 0. The van der Waals surface area contributed by atoms with E-state index >= 15 is 0 Å². The molecule has 2 saturated heterocycles. The number of ether oxygens (including phenoxy) is 1. The Hall–Kier alpha value is -2.05. The molecule has 7 nitrogen and oxygen atoms in total. The summed E-state index contributed by atoms with van der Waals surface area (Å²) >= 11 is 0. The molecule has 26 heavy (non-hydrogen) atoms. The van der Waals surface area contributed by atoms with Gasteiger partial charge in [0, 0.05) is 50.5 Å². The van der Waals surface area contributed by atoms with E-state index in [9.17, 15) is 9.59 Å². The van der Waals surface area contributed by atoms with Gasteiger partial charge in [-0.15, -0.1) is 0 Å². The summed E-state index contributed by atoms with van der Waals surface area (Å²) < 4.78 is 7.56. The largest absolute Gasteiger partial charge is 0.444 e. The van der Waals surface area contributed by atoms with E-state index in [1.165, 1.54) is 0 Å². The normalized spacial score (nSPS) is 20.3. The highest BCUT2D eigenvalue weighted by molar-refractivity contribution is 5.79. The number of aromatic nitrogens is 2. The van der Waals surface area contributed by atoms with E-state index in [-0.39, 0.29) is 17.9 Å². The van der Waals surface area contributed by atoms with E-state index in [1.807, 2.05) is 38.2 Å². The summed E-state index contributed by atoms with van der Waals surface area (Å²) in [6.07, 6.45) is 8.76. The van der Waals surface area contributed by atoms with Gasteiger partial charge >= 0.3 is 6.09 Å². The standard InChI is InChI=1S/C19H30N4O3/c1-19(2,3)26-18(25)22-9-4-15(5-10-22)17(24)21-11-6-16(7-12-21)23-13-8-20-14-23/h8,13-16H,4-7,9-12H2,1-3H3. The van der Waals surface area contributed by atoms with Crippen molar-refractivity contribution in [3.05, 3.63) is 18.7 Å². The highest BCUT2D eigenvalue weighted by atomic mass is 16.6. The molecule has 0 unspecified atom stereocenters. The van der Waals surface area contributed by atoms with Crippen molar-refractivity contribution < 1.29 is 14.3 Å². The van der Waals surface area contributed by atoms with Gasteiger partial charge in [0.25, 0.3) is 0 Å². The first kappa shape index (κ1) is 18.7. The summed E-state index contributed by atoms with van der Waals surface area (Å²) in [7, 11) is 0. The van der Waals surface area contributed by atoms with Crippen molar-refractivity contribution in [2.45, 2.75) is 58.1 Å². The minimum atomic E-state index is -0.483. The lowest BCUT2D eigenvalue weighted by atomic mass is 9.94. The van der Waals surface area contributed by atoms with Crippen LogP contribution in [-0.2, 0) is 9.53 Å². The van der Waals surface area contributed by atoms with Crippen molar-refractivity contribution in [3.8, 4) is 0 Å². The van der Waals surface area contributed by atoms with Crippen LogP contribution in [0, 0.1) is 5.92 Å². The fourth-order valence-corrected chi connectivity index (χ4v) is 3.76. The summed E-state index contributed by atoms with van der Waals surface area (Å²) in [6.45, 7) is 8.40. The van der Waals surface area contributed by atoms with E-state index < -0.39 is 5.60 Å². The molecule has 3 rings (SSSR count). The zero-order valence-electron chi connectivity index (χ0n) is 16.1. The van der Waals surface area contributed by atoms with Crippen LogP contribution >= 0.6 is 0 Å². The van der Waals surface area contributed by atoms with Gasteiger partial charge in [0.15, 0.2) is 0 Å². The molecule has 0 radical (unpaired) electrons. The highest BCUT2D eigenvalue weighted by Crippen LogP contribution is 2.26. The number of carbonyl (C=O) groups excluding carboxylic acids is 2. The van der Waals surface area contributed by atoms with E-state index in [0.29, 0.717) is 19.1 Å². The van der Waals surface area contributed by atoms with Crippen molar-refractivity contribution >= 4 is 12.0 Å². The number of carbonyl (C=O) groups is 2. The van der Waals surface area contributed by atoms with Crippen LogP contribution in [0.4, 0.5) is 4.79 Å². The third-order valence-electron chi connectivity index (χ3n) is 5.22. The zero-order valence-corrected chi connectivity index (χ0v) is 16.1. The maximum Gasteiger partial charge on any atom is 0.410 e. The zero-order chi connectivity index (χ0) is 18.7. The summed E-state index contributed by atoms with van der Waals surface area (Å²) in [5.41, 5.74) is -0.483. The Kier molecular flexibility index (Phi) is 5.53. The maximum atomic E-state index is 12.8.